The highest BCUT2D eigenvalue weighted by molar-refractivity contribution is 7.92. The molecular weight excluding hydrogens is 152 g/mol. The maximum Gasteiger partial charge on any atom is 0.150 e. The van der Waals surface area contributed by atoms with Crippen LogP contribution in [0.1, 0.15) is 6.42 Å². The van der Waals surface area contributed by atoms with Gasteiger partial charge >= 0.3 is 0 Å². The summed E-state index contributed by atoms with van der Waals surface area (Å²) in [5.74, 6) is 6.08. The van der Waals surface area contributed by atoms with Crippen LogP contribution in [-0.4, -0.2) is 26.5 Å². The van der Waals surface area contributed by atoms with E-state index in [-0.39, 0.29) is 0 Å². The Kier molecular flexibility index (Phi) is 2.28. The second-order valence-electron chi connectivity index (χ2n) is 2.69. The number of hydrogen-bond acceptors (Lipinski definition) is 4. The molecule has 5 heteroatoms. The molecule has 1 aliphatic heterocycles. The number of hydrogen-bond donors (Lipinski definition) is 2. The largest absolute Gasteiger partial charge is 0.271 e. The van der Waals surface area contributed by atoms with E-state index < -0.39 is 9.84 Å². The zero-order chi connectivity index (χ0) is 7.61. The summed E-state index contributed by atoms with van der Waals surface area (Å²) in [7, 11) is -2.63. The quantitative estimate of drug-likeness (QED) is 0.409. The number of sulfone groups is 1. The molecule has 0 amide bonds. The molecule has 1 saturated heterocycles. The molecule has 0 unspecified atom stereocenters. The van der Waals surface area contributed by atoms with Gasteiger partial charge in [-0.3, -0.25) is 11.3 Å². The highest BCUT2D eigenvalue weighted by Gasteiger charge is 2.32. The average molecular weight is 164 g/mol. The van der Waals surface area contributed by atoms with Crippen LogP contribution < -0.4 is 11.3 Å². The standard InChI is InChI=1S/C5H12N2O2S/c6-7-2-1-5-3-10(8,9)4-5/h5,7H,1-4,6H2. The maximum absolute atomic E-state index is 10.6. The topological polar surface area (TPSA) is 72.2 Å². The monoisotopic (exact) mass is 164 g/mol. The van der Waals surface area contributed by atoms with E-state index in [0.29, 0.717) is 24.0 Å². The number of rotatable bonds is 3. The highest BCUT2D eigenvalue weighted by Crippen LogP contribution is 2.20. The predicted octanol–water partition coefficient (Wildman–Crippen LogP) is -1.12. The van der Waals surface area contributed by atoms with E-state index in [1.54, 1.807) is 0 Å². The Hall–Kier alpha value is -0.130. The minimum atomic E-state index is -2.63. The number of nitrogens with two attached hydrogens (primary N) is 1. The van der Waals surface area contributed by atoms with E-state index in [9.17, 15) is 8.42 Å². The molecule has 0 aromatic heterocycles. The summed E-state index contributed by atoms with van der Waals surface area (Å²) >= 11 is 0. The molecule has 4 nitrogen and oxygen atoms in total. The van der Waals surface area contributed by atoms with Crippen molar-refractivity contribution in [2.24, 2.45) is 11.8 Å². The van der Waals surface area contributed by atoms with Crippen LogP contribution in [0.2, 0.25) is 0 Å². The SMILES string of the molecule is NNCCC1CS(=O)(=O)C1. The summed E-state index contributed by atoms with van der Waals surface area (Å²) in [6.07, 6.45) is 0.871. The van der Waals surface area contributed by atoms with Crippen molar-refractivity contribution in [1.82, 2.24) is 5.43 Å². The molecule has 10 heavy (non-hydrogen) atoms. The Morgan fingerprint density at radius 1 is 1.50 bits per heavy atom. The second kappa shape index (κ2) is 2.86. The van der Waals surface area contributed by atoms with Gasteiger partial charge in [-0.2, -0.15) is 0 Å². The number of nitrogens with one attached hydrogen (secondary N) is 1. The summed E-state index contributed by atoms with van der Waals surface area (Å²) in [4.78, 5) is 0. The lowest BCUT2D eigenvalue weighted by molar-refractivity contribution is 0.485. The lowest BCUT2D eigenvalue weighted by atomic mass is 10.1. The van der Waals surface area contributed by atoms with Crippen molar-refractivity contribution in [2.45, 2.75) is 6.42 Å². The van der Waals surface area contributed by atoms with Crippen molar-refractivity contribution in [3.8, 4) is 0 Å². The van der Waals surface area contributed by atoms with Gasteiger partial charge in [-0.1, -0.05) is 0 Å². The van der Waals surface area contributed by atoms with E-state index in [1.807, 2.05) is 0 Å². The minimum absolute atomic E-state index is 0.348. The fraction of sp³-hybridized carbons (Fsp3) is 1.00. The Morgan fingerprint density at radius 3 is 2.50 bits per heavy atom. The Bertz CT molecular complexity index is 188. The van der Waals surface area contributed by atoms with Crippen LogP contribution >= 0.6 is 0 Å². The molecule has 0 spiro atoms. The lowest BCUT2D eigenvalue weighted by Crippen LogP contribution is -2.38. The van der Waals surface area contributed by atoms with Gasteiger partial charge in [0.25, 0.3) is 0 Å². The van der Waals surface area contributed by atoms with Gasteiger partial charge < -0.3 is 0 Å². The van der Waals surface area contributed by atoms with Crippen LogP contribution in [0.3, 0.4) is 0 Å². The van der Waals surface area contributed by atoms with Crippen LogP contribution in [0.25, 0.3) is 0 Å². The Morgan fingerprint density at radius 2 is 2.10 bits per heavy atom. The summed E-state index contributed by atoms with van der Waals surface area (Å²) in [5, 5.41) is 0. The third kappa shape index (κ3) is 1.93. The van der Waals surface area contributed by atoms with Gasteiger partial charge in [-0.05, 0) is 12.3 Å². The van der Waals surface area contributed by atoms with Gasteiger partial charge in [0.1, 0.15) is 0 Å². The van der Waals surface area contributed by atoms with E-state index in [4.69, 9.17) is 5.84 Å². The maximum atomic E-state index is 10.6. The summed E-state index contributed by atoms with van der Waals surface area (Å²) in [6.45, 7) is 0.709. The molecule has 1 heterocycles. The normalized spacial score (nSPS) is 24.1. The molecule has 0 saturated carbocycles. The molecule has 0 atom stereocenters. The second-order valence-corrected chi connectivity index (χ2v) is 4.84. The van der Waals surface area contributed by atoms with Crippen LogP contribution in [0.4, 0.5) is 0 Å². The van der Waals surface area contributed by atoms with Gasteiger partial charge in [-0.25, -0.2) is 8.42 Å². The zero-order valence-electron chi connectivity index (χ0n) is 5.71. The Labute approximate surface area is 60.7 Å². The van der Waals surface area contributed by atoms with Gasteiger partial charge in [0.15, 0.2) is 9.84 Å². The van der Waals surface area contributed by atoms with Gasteiger partial charge in [-0.15, -0.1) is 0 Å². The molecule has 0 aliphatic carbocycles. The van der Waals surface area contributed by atoms with Gasteiger partial charge in [0, 0.05) is 6.54 Å². The molecule has 3 N–H and O–H groups in total. The molecule has 0 aromatic carbocycles. The molecule has 0 aromatic rings. The smallest absolute Gasteiger partial charge is 0.150 e. The van der Waals surface area contributed by atoms with Crippen molar-refractivity contribution in [3.05, 3.63) is 0 Å². The zero-order valence-corrected chi connectivity index (χ0v) is 6.52. The molecule has 60 valence electrons. The fourth-order valence-electron chi connectivity index (χ4n) is 1.12. The molecule has 1 fully saturated rings. The first-order valence-corrected chi connectivity index (χ1v) is 5.10. The third-order valence-electron chi connectivity index (χ3n) is 1.68. The Balaban J connectivity index is 2.15. The fourth-order valence-corrected chi connectivity index (χ4v) is 2.80. The summed E-state index contributed by atoms with van der Waals surface area (Å²) in [5.41, 5.74) is 2.50. The molecule has 0 radical (unpaired) electrons. The van der Waals surface area contributed by atoms with E-state index in [0.717, 1.165) is 6.42 Å². The average Bonchev–Trinajstić information content (AvgIpc) is 1.78. The first kappa shape index (κ1) is 7.97. The van der Waals surface area contributed by atoms with Crippen LogP contribution in [0.5, 0.6) is 0 Å². The summed E-state index contributed by atoms with van der Waals surface area (Å²) < 4.78 is 21.2. The molecule has 1 aliphatic rings. The van der Waals surface area contributed by atoms with Crippen molar-refractivity contribution in [1.29, 1.82) is 0 Å². The third-order valence-corrected chi connectivity index (χ3v) is 3.63. The van der Waals surface area contributed by atoms with Crippen LogP contribution in [0.15, 0.2) is 0 Å². The van der Waals surface area contributed by atoms with E-state index in [2.05, 4.69) is 5.43 Å². The first-order valence-electron chi connectivity index (χ1n) is 3.28. The van der Waals surface area contributed by atoms with Crippen molar-refractivity contribution in [3.63, 3.8) is 0 Å². The van der Waals surface area contributed by atoms with Gasteiger partial charge in [0.05, 0.1) is 11.5 Å². The van der Waals surface area contributed by atoms with E-state index in [1.165, 1.54) is 0 Å². The van der Waals surface area contributed by atoms with E-state index >= 15 is 0 Å². The van der Waals surface area contributed by atoms with Crippen molar-refractivity contribution < 1.29 is 8.42 Å². The lowest BCUT2D eigenvalue weighted by Gasteiger charge is -2.25. The molecule has 1 rings (SSSR count). The van der Waals surface area contributed by atoms with Crippen molar-refractivity contribution >= 4 is 9.84 Å². The molecular formula is C5H12N2O2S. The minimum Gasteiger partial charge on any atom is -0.271 e. The first-order chi connectivity index (χ1) is 4.64. The predicted molar refractivity (Wildman–Crippen MR) is 39.0 cm³/mol. The number of hydrazine groups is 1. The van der Waals surface area contributed by atoms with Gasteiger partial charge in [0.2, 0.25) is 0 Å². The summed E-state index contributed by atoms with van der Waals surface area (Å²) in [6, 6.07) is 0. The highest BCUT2D eigenvalue weighted by atomic mass is 32.2. The van der Waals surface area contributed by atoms with Crippen LogP contribution in [0, 0.1) is 5.92 Å². The van der Waals surface area contributed by atoms with Crippen LogP contribution in [-0.2, 0) is 9.84 Å². The van der Waals surface area contributed by atoms with Crippen molar-refractivity contribution in [2.75, 3.05) is 18.1 Å². The molecule has 0 bridgehead atoms.